The normalized spacial score (nSPS) is 40.0. The summed E-state index contributed by atoms with van der Waals surface area (Å²) in [5, 5.41) is 68.9. The number of cyclic esters (lactones) is 1. The molecule has 4 heterocycles. The third-order valence-electron chi connectivity index (χ3n) is 16.5. The minimum Gasteiger partial charge on any atom is -0.459 e. The Labute approximate surface area is 432 Å². The lowest BCUT2D eigenvalue weighted by Gasteiger charge is -2.51. The van der Waals surface area contributed by atoms with Gasteiger partial charge in [0.15, 0.2) is 6.29 Å². The molecule has 0 amide bonds. The zero-order valence-electron chi connectivity index (χ0n) is 45.7. The first kappa shape index (κ1) is 60.5. The first-order valence-corrected chi connectivity index (χ1v) is 27.4. The standard InChI is InChI=1S/C53H90FN5O12S/c1-16-42-53(10,65)46(61)34(6)58(12)27-30(2)24-51(8,64)48(32(4)43(33(5)49(63)70-42)41-25-52(9,67-14)47(62)35(7)69-41)71-50-44(60)39(23-31(3)68-50)57(11)22-21-38-28-59(56-55-38)40(26-54)45(66-13)37-19-17-36(18-20-37)29-72-15/h17-20,28,30-35,39-48,50,60-62,64-65H,16,21-27,29H2,1-15H3/t30-,31-,32+,33-,34-,35+,39+,40-,41-,42-,43?,44-,45-,46-,47+,48-,50+,51-,52-,53-/m1/s1. The molecule has 19 heteroatoms. The molecule has 3 fully saturated rings. The van der Waals surface area contributed by atoms with E-state index >= 15 is 0 Å². The molecule has 1 aromatic heterocycles. The maximum Gasteiger partial charge on any atom is 0.309 e. The smallest absolute Gasteiger partial charge is 0.309 e. The quantitative estimate of drug-likeness (QED) is 0.138. The van der Waals surface area contributed by atoms with E-state index in [2.05, 4.69) is 10.3 Å². The molecule has 0 bridgehead atoms. The summed E-state index contributed by atoms with van der Waals surface area (Å²) in [4.78, 5) is 18.6. The second-order valence-electron chi connectivity index (χ2n) is 22.3. The van der Waals surface area contributed by atoms with E-state index in [1.54, 1.807) is 66.6 Å². The summed E-state index contributed by atoms with van der Waals surface area (Å²) < 4.78 is 54.3. The number of methoxy groups -OCH3 is 2. The first-order chi connectivity index (χ1) is 33.8. The third kappa shape index (κ3) is 13.8. The van der Waals surface area contributed by atoms with E-state index in [0.717, 1.165) is 11.3 Å². The SMILES string of the molecule is CC[C@H]1OC(=O)[C@H](C)C([C@H]2C[C@@](C)(OC)[C@@H](O)[C@H](C)O2)[C@H](C)[C@@H](O[C@@H]2O[C@H](C)C[C@H](N(C)CCc3cn([C@H](CF)[C@H](OC)c4ccc(CSC)cc4)nn3)[C@H]2O)[C@](C)(O)C[C@@H](C)CN(C)[C@H](C)[C@@H](O)[C@]1(C)O. The van der Waals surface area contributed by atoms with Crippen LogP contribution in [0.1, 0.15) is 124 Å². The molecule has 3 saturated heterocycles. The van der Waals surface area contributed by atoms with Crippen LogP contribution in [0.15, 0.2) is 30.5 Å². The Morgan fingerprint density at radius 2 is 1.67 bits per heavy atom. The van der Waals surface area contributed by atoms with Crippen LogP contribution in [0.4, 0.5) is 4.39 Å². The van der Waals surface area contributed by atoms with Crippen molar-refractivity contribution in [2.75, 3.05) is 54.3 Å². The largest absolute Gasteiger partial charge is 0.459 e. The highest BCUT2D eigenvalue weighted by atomic mass is 32.2. The van der Waals surface area contributed by atoms with E-state index in [4.69, 9.17) is 28.4 Å². The maximum atomic E-state index is 14.8. The van der Waals surface area contributed by atoms with Gasteiger partial charge in [-0.3, -0.25) is 4.79 Å². The van der Waals surface area contributed by atoms with Gasteiger partial charge < -0.3 is 63.8 Å². The number of aliphatic hydroxyl groups excluding tert-OH is 3. The number of thioether (sulfide) groups is 1. The number of aliphatic hydroxyl groups is 5. The van der Waals surface area contributed by atoms with E-state index in [-0.39, 0.29) is 31.3 Å². The van der Waals surface area contributed by atoms with Crippen molar-refractivity contribution < 1.29 is 63.1 Å². The highest BCUT2D eigenvalue weighted by Crippen LogP contribution is 2.45. The van der Waals surface area contributed by atoms with Crippen LogP contribution in [0.3, 0.4) is 0 Å². The van der Waals surface area contributed by atoms with Crippen LogP contribution in [0, 0.1) is 23.7 Å². The van der Waals surface area contributed by atoms with Gasteiger partial charge in [-0.05, 0) is 104 Å². The molecule has 2 aromatic rings. The molecule has 1 unspecified atom stereocenters. The van der Waals surface area contributed by atoms with Crippen molar-refractivity contribution in [1.82, 2.24) is 24.8 Å². The molecule has 5 N–H and O–H groups in total. The molecular weight excluding hydrogens is 950 g/mol. The van der Waals surface area contributed by atoms with Crippen LogP contribution in [0.2, 0.25) is 0 Å². The molecule has 0 saturated carbocycles. The van der Waals surface area contributed by atoms with Gasteiger partial charge in [-0.1, -0.05) is 57.2 Å². The van der Waals surface area contributed by atoms with Gasteiger partial charge in [0, 0.05) is 70.1 Å². The summed E-state index contributed by atoms with van der Waals surface area (Å²) in [5.74, 6) is -2.35. The number of hydrogen-bond acceptors (Lipinski definition) is 17. The predicted octanol–water partition coefficient (Wildman–Crippen LogP) is 5.14. The van der Waals surface area contributed by atoms with Crippen molar-refractivity contribution in [1.29, 1.82) is 0 Å². The van der Waals surface area contributed by atoms with Gasteiger partial charge in [-0.2, -0.15) is 11.8 Å². The summed E-state index contributed by atoms with van der Waals surface area (Å²) in [6.45, 7) is 18.0. The highest BCUT2D eigenvalue weighted by molar-refractivity contribution is 7.97. The Balaban J connectivity index is 1.45. The van der Waals surface area contributed by atoms with Gasteiger partial charge in [0.2, 0.25) is 0 Å². The van der Waals surface area contributed by atoms with Crippen LogP contribution in [0.25, 0.3) is 0 Å². The lowest BCUT2D eigenvalue weighted by molar-refractivity contribution is -0.302. The van der Waals surface area contributed by atoms with Gasteiger partial charge in [0.05, 0.1) is 47.2 Å². The number of nitrogens with zero attached hydrogens (tertiary/aromatic N) is 5. The number of aromatic nitrogens is 3. The van der Waals surface area contributed by atoms with Crippen molar-refractivity contribution >= 4 is 17.7 Å². The Morgan fingerprint density at radius 3 is 2.26 bits per heavy atom. The van der Waals surface area contributed by atoms with Crippen LogP contribution >= 0.6 is 11.8 Å². The minimum absolute atomic E-state index is 0.177. The Hall–Kier alpha value is -2.37. The zero-order chi connectivity index (χ0) is 53.6. The number of benzene rings is 1. The van der Waals surface area contributed by atoms with Gasteiger partial charge in [-0.25, -0.2) is 9.07 Å². The summed E-state index contributed by atoms with van der Waals surface area (Å²) in [6.07, 6.45) is -4.00. The number of esters is 1. The Bertz CT molecular complexity index is 1990. The molecule has 0 spiro atoms. The molecular formula is C53H90FN5O12S. The molecule has 5 rings (SSSR count). The summed E-state index contributed by atoms with van der Waals surface area (Å²) >= 11 is 1.73. The monoisotopic (exact) mass is 1040 g/mol. The molecule has 3 aliphatic heterocycles. The second-order valence-corrected chi connectivity index (χ2v) is 23.1. The lowest BCUT2D eigenvalue weighted by Crippen LogP contribution is -2.62. The predicted molar refractivity (Wildman–Crippen MR) is 274 cm³/mol. The number of alkyl halides is 1. The van der Waals surface area contributed by atoms with Gasteiger partial charge in [0.1, 0.15) is 48.8 Å². The Morgan fingerprint density at radius 1 is 1.00 bits per heavy atom. The summed E-state index contributed by atoms with van der Waals surface area (Å²) in [7, 11) is 6.84. The van der Waals surface area contributed by atoms with Crippen molar-refractivity contribution in [2.24, 2.45) is 23.7 Å². The number of likely N-dealkylation sites (N-methyl/N-ethyl adjacent to an activating group) is 2. The van der Waals surface area contributed by atoms with Crippen LogP contribution in [-0.4, -0.2) is 195 Å². The van der Waals surface area contributed by atoms with Crippen LogP contribution in [-0.2, 0) is 45.4 Å². The summed E-state index contributed by atoms with van der Waals surface area (Å²) in [6, 6.07) is 6.20. The maximum absolute atomic E-state index is 14.8. The zero-order valence-corrected chi connectivity index (χ0v) is 46.5. The minimum atomic E-state index is -1.83. The molecule has 17 nitrogen and oxygen atoms in total. The molecule has 0 aliphatic carbocycles. The number of carbonyl (C=O) groups excluding carboxylic acids is 1. The average molecular weight is 1040 g/mol. The van der Waals surface area contributed by atoms with Crippen molar-refractivity contribution in [2.45, 2.75) is 203 Å². The van der Waals surface area contributed by atoms with Gasteiger partial charge in [0.25, 0.3) is 0 Å². The number of halogens is 1. The van der Waals surface area contributed by atoms with E-state index in [9.17, 15) is 34.7 Å². The molecule has 412 valence electrons. The number of ether oxygens (including phenoxy) is 6. The number of rotatable bonds is 16. The van der Waals surface area contributed by atoms with Crippen LogP contribution in [0.5, 0.6) is 0 Å². The van der Waals surface area contributed by atoms with E-state index in [1.807, 2.05) is 75.2 Å². The Kier molecular flexibility index (Phi) is 21.5. The third-order valence-corrected chi connectivity index (χ3v) is 17.1. The average Bonchev–Trinajstić information content (AvgIpc) is 3.81. The highest BCUT2D eigenvalue weighted by Gasteiger charge is 2.55. The second kappa shape index (κ2) is 25.6. The van der Waals surface area contributed by atoms with Crippen molar-refractivity contribution in [3.63, 3.8) is 0 Å². The first-order valence-electron chi connectivity index (χ1n) is 26.0. The number of hydrogen-bond donors (Lipinski definition) is 5. The van der Waals surface area contributed by atoms with E-state index < -0.39 is 120 Å². The lowest BCUT2D eigenvalue weighted by atomic mass is 9.68. The fraction of sp³-hybridized carbons (Fsp3) is 0.830. The van der Waals surface area contributed by atoms with E-state index in [1.165, 1.54) is 24.3 Å². The van der Waals surface area contributed by atoms with Crippen molar-refractivity contribution in [3.8, 4) is 0 Å². The number of carbonyl (C=O) groups is 1. The molecule has 72 heavy (non-hydrogen) atoms. The van der Waals surface area contributed by atoms with Crippen molar-refractivity contribution in [3.05, 3.63) is 47.3 Å². The molecule has 0 radical (unpaired) electrons. The molecule has 20 atom stereocenters. The fourth-order valence-electron chi connectivity index (χ4n) is 12.0. The molecule has 1 aromatic carbocycles. The summed E-state index contributed by atoms with van der Waals surface area (Å²) in [5.41, 5.74) is -1.86. The van der Waals surface area contributed by atoms with E-state index in [0.29, 0.717) is 31.6 Å². The van der Waals surface area contributed by atoms with Crippen LogP contribution < -0.4 is 0 Å². The van der Waals surface area contributed by atoms with Gasteiger partial charge >= 0.3 is 5.97 Å². The molecule has 3 aliphatic rings. The topological polar surface area (TPSA) is 211 Å². The fourth-order valence-corrected chi connectivity index (χ4v) is 12.6. The van der Waals surface area contributed by atoms with Gasteiger partial charge in [-0.15, -0.1) is 5.10 Å².